The van der Waals surface area contributed by atoms with Crippen LogP contribution in [0.5, 0.6) is 0 Å². The van der Waals surface area contributed by atoms with Gasteiger partial charge in [-0.1, -0.05) is 43.3 Å². The van der Waals surface area contributed by atoms with Crippen molar-refractivity contribution < 1.29 is 9.63 Å². The summed E-state index contributed by atoms with van der Waals surface area (Å²) in [6.45, 7) is 7.18. The third-order valence-electron chi connectivity index (χ3n) is 4.20. The zero-order chi connectivity index (χ0) is 15.9. The van der Waals surface area contributed by atoms with Crippen LogP contribution in [0.15, 0.2) is 34.9 Å². The Morgan fingerprint density at radius 2 is 2.00 bits per heavy atom. The van der Waals surface area contributed by atoms with Gasteiger partial charge in [0.05, 0.1) is 18.8 Å². The number of aliphatic hydroxyl groups is 1. The molecule has 1 unspecified atom stereocenters. The summed E-state index contributed by atoms with van der Waals surface area (Å²) in [5.74, 6) is 1.35. The van der Waals surface area contributed by atoms with Gasteiger partial charge in [-0.15, -0.1) is 0 Å². The third-order valence-corrected chi connectivity index (χ3v) is 4.20. The lowest BCUT2D eigenvalue weighted by Gasteiger charge is -2.13. The van der Waals surface area contributed by atoms with Crippen LogP contribution in [0.4, 0.5) is 0 Å². The quantitative estimate of drug-likeness (QED) is 0.776. The van der Waals surface area contributed by atoms with Gasteiger partial charge in [0.25, 0.3) is 0 Å². The van der Waals surface area contributed by atoms with Crippen LogP contribution in [0.3, 0.4) is 0 Å². The zero-order valence-corrected chi connectivity index (χ0v) is 13.7. The first-order valence-corrected chi connectivity index (χ1v) is 8.06. The minimum absolute atomic E-state index is 0.0709. The van der Waals surface area contributed by atoms with Crippen LogP contribution in [-0.4, -0.2) is 10.3 Å². The van der Waals surface area contributed by atoms with Crippen LogP contribution in [0.1, 0.15) is 68.2 Å². The standard InChI is InChI=1S/C18H26N2O2/c1-4-15(5-2)18-10-17(22-20-18)11-19-13(3)16-8-6-7-14(9-16)12-21/h6-10,13,15,19,21H,4-5,11-12H2,1-3H3. The van der Waals surface area contributed by atoms with Crippen LogP contribution in [0.2, 0.25) is 0 Å². The predicted molar refractivity (Wildman–Crippen MR) is 87.4 cm³/mol. The first-order valence-electron chi connectivity index (χ1n) is 8.06. The van der Waals surface area contributed by atoms with Crippen molar-refractivity contribution in [1.29, 1.82) is 0 Å². The topological polar surface area (TPSA) is 58.3 Å². The Morgan fingerprint density at radius 1 is 1.23 bits per heavy atom. The smallest absolute Gasteiger partial charge is 0.150 e. The second-order valence-electron chi connectivity index (χ2n) is 5.74. The summed E-state index contributed by atoms with van der Waals surface area (Å²) in [7, 11) is 0. The Hall–Kier alpha value is -1.65. The number of nitrogens with one attached hydrogen (secondary N) is 1. The molecular weight excluding hydrogens is 276 g/mol. The van der Waals surface area contributed by atoms with Gasteiger partial charge in [0.2, 0.25) is 0 Å². The molecule has 0 fully saturated rings. The molecule has 1 atom stereocenters. The Bertz CT molecular complexity index is 576. The van der Waals surface area contributed by atoms with Gasteiger partial charge in [0.1, 0.15) is 0 Å². The molecule has 22 heavy (non-hydrogen) atoms. The lowest BCUT2D eigenvalue weighted by atomic mass is 9.99. The van der Waals surface area contributed by atoms with Crippen molar-refractivity contribution in [2.45, 2.75) is 58.7 Å². The number of rotatable bonds is 8. The first kappa shape index (κ1) is 16.7. The van der Waals surface area contributed by atoms with E-state index in [-0.39, 0.29) is 12.6 Å². The van der Waals surface area contributed by atoms with Gasteiger partial charge < -0.3 is 14.9 Å². The third kappa shape index (κ3) is 4.18. The predicted octanol–water partition coefficient (Wildman–Crippen LogP) is 3.92. The number of benzene rings is 1. The molecule has 0 saturated heterocycles. The molecule has 2 aromatic rings. The average molecular weight is 302 g/mol. The molecule has 0 amide bonds. The summed E-state index contributed by atoms with van der Waals surface area (Å²) < 4.78 is 5.43. The molecular formula is C18H26N2O2. The van der Waals surface area contributed by atoms with E-state index < -0.39 is 0 Å². The maximum Gasteiger partial charge on any atom is 0.150 e. The van der Waals surface area contributed by atoms with Crippen molar-refractivity contribution in [2.24, 2.45) is 0 Å². The maximum absolute atomic E-state index is 9.21. The van der Waals surface area contributed by atoms with Gasteiger partial charge in [-0.25, -0.2) is 0 Å². The highest BCUT2D eigenvalue weighted by Gasteiger charge is 2.13. The molecule has 0 aliphatic rings. The van der Waals surface area contributed by atoms with Crippen molar-refractivity contribution in [3.05, 3.63) is 52.9 Å². The minimum atomic E-state index is 0.0709. The zero-order valence-electron chi connectivity index (χ0n) is 13.7. The molecule has 0 aliphatic heterocycles. The molecule has 1 aromatic heterocycles. The number of aliphatic hydroxyl groups excluding tert-OH is 1. The largest absolute Gasteiger partial charge is 0.392 e. The van der Waals surface area contributed by atoms with Gasteiger partial charge in [-0.2, -0.15) is 0 Å². The molecule has 1 aromatic carbocycles. The lowest BCUT2D eigenvalue weighted by molar-refractivity contribution is 0.281. The lowest BCUT2D eigenvalue weighted by Crippen LogP contribution is -2.17. The fraction of sp³-hybridized carbons (Fsp3) is 0.500. The second-order valence-corrected chi connectivity index (χ2v) is 5.74. The first-order chi connectivity index (χ1) is 10.7. The van der Waals surface area contributed by atoms with Crippen molar-refractivity contribution in [3.63, 3.8) is 0 Å². The summed E-state index contributed by atoms with van der Waals surface area (Å²) in [5.41, 5.74) is 3.14. The Labute approximate surface area is 132 Å². The molecule has 4 heteroatoms. The van der Waals surface area contributed by atoms with E-state index in [1.807, 2.05) is 18.2 Å². The van der Waals surface area contributed by atoms with Gasteiger partial charge in [-0.3, -0.25) is 0 Å². The average Bonchev–Trinajstić information content (AvgIpc) is 3.02. The van der Waals surface area contributed by atoms with E-state index in [2.05, 4.69) is 43.4 Å². The monoisotopic (exact) mass is 302 g/mol. The highest BCUT2D eigenvalue weighted by atomic mass is 16.5. The molecule has 0 aliphatic carbocycles. The molecule has 2 N–H and O–H groups in total. The molecule has 4 nitrogen and oxygen atoms in total. The van der Waals surface area contributed by atoms with Gasteiger partial charge in [0, 0.05) is 18.0 Å². The highest BCUT2D eigenvalue weighted by Crippen LogP contribution is 2.23. The van der Waals surface area contributed by atoms with Crippen LogP contribution >= 0.6 is 0 Å². The summed E-state index contributed by atoms with van der Waals surface area (Å²) in [4.78, 5) is 0. The SMILES string of the molecule is CCC(CC)c1cc(CNC(C)c2cccc(CO)c2)on1. The Kier molecular flexibility index (Phi) is 6.16. The Balaban J connectivity index is 1.94. The summed E-state index contributed by atoms with van der Waals surface area (Å²) in [5, 5.41) is 16.8. The number of aromatic nitrogens is 1. The van der Waals surface area contributed by atoms with Crippen molar-refractivity contribution in [1.82, 2.24) is 10.5 Å². The van der Waals surface area contributed by atoms with Crippen LogP contribution < -0.4 is 5.32 Å². The molecule has 0 saturated carbocycles. The maximum atomic E-state index is 9.21. The van der Waals surface area contributed by atoms with E-state index in [1.165, 1.54) is 0 Å². The van der Waals surface area contributed by atoms with E-state index in [0.29, 0.717) is 12.5 Å². The van der Waals surface area contributed by atoms with Crippen LogP contribution in [-0.2, 0) is 13.2 Å². The highest BCUT2D eigenvalue weighted by molar-refractivity contribution is 5.25. The fourth-order valence-corrected chi connectivity index (χ4v) is 2.64. The van der Waals surface area contributed by atoms with Gasteiger partial charge in [-0.05, 0) is 30.9 Å². The summed E-state index contributed by atoms with van der Waals surface area (Å²) in [6, 6.07) is 10.2. The minimum Gasteiger partial charge on any atom is -0.392 e. The molecule has 0 radical (unpaired) electrons. The molecule has 0 spiro atoms. The molecule has 120 valence electrons. The number of hydrogen-bond acceptors (Lipinski definition) is 4. The number of hydrogen-bond donors (Lipinski definition) is 2. The van der Waals surface area contributed by atoms with Crippen LogP contribution in [0.25, 0.3) is 0 Å². The van der Waals surface area contributed by atoms with E-state index >= 15 is 0 Å². The number of nitrogens with zero attached hydrogens (tertiary/aromatic N) is 1. The second kappa shape index (κ2) is 8.11. The molecule has 0 bridgehead atoms. The normalized spacial score (nSPS) is 12.8. The van der Waals surface area contributed by atoms with E-state index in [4.69, 9.17) is 4.52 Å². The summed E-state index contributed by atoms with van der Waals surface area (Å²) in [6.07, 6.45) is 2.17. The van der Waals surface area contributed by atoms with E-state index in [0.717, 1.165) is 35.4 Å². The Morgan fingerprint density at radius 3 is 2.68 bits per heavy atom. The summed E-state index contributed by atoms with van der Waals surface area (Å²) >= 11 is 0. The van der Waals surface area contributed by atoms with Crippen molar-refractivity contribution in [2.75, 3.05) is 0 Å². The van der Waals surface area contributed by atoms with Crippen LogP contribution in [0, 0.1) is 0 Å². The van der Waals surface area contributed by atoms with Crippen molar-refractivity contribution >= 4 is 0 Å². The molecule has 1 heterocycles. The molecule has 2 rings (SSSR count). The fourth-order valence-electron chi connectivity index (χ4n) is 2.64. The van der Waals surface area contributed by atoms with Crippen molar-refractivity contribution in [3.8, 4) is 0 Å². The van der Waals surface area contributed by atoms with E-state index in [9.17, 15) is 5.11 Å². The van der Waals surface area contributed by atoms with Gasteiger partial charge >= 0.3 is 0 Å². The van der Waals surface area contributed by atoms with E-state index in [1.54, 1.807) is 0 Å². The van der Waals surface area contributed by atoms with Gasteiger partial charge in [0.15, 0.2) is 5.76 Å².